The Morgan fingerprint density at radius 2 is 2.12 bits per heavy atom. The molecule has 0 radical (unpaired) electrons. The van der Waals surface area contributed by atoms with Gasteiger partial charge in [0.05, 0.1) is 13.2 Å². The van der Waals surface area contributed by atoms with Crippen LogP contribution in [0.15, 0.2) is 12.4 Å². The van der Waals surface area contributed by atoms with Crippen LogP contribution in [0.5, 0.6) is 5.88 Å². The molecule has 1 rings (SSSR count). The van der Waals surface area contributed by atoms with Crippen LogP contribution >= 0.6 is 0 Å². The summed E-state index contributed by atoms with van der Waals surface area (Å²) in [4.78, 5) is 8.04. The number of nitrogens with zero attached hydrogens (tertiary/aromatic N) is 2. The van der Waals surface area contributed by atoms with E-state index in [2.05, 4.69) is 15.3 Å². The molecule has 0 unspecified atom stereocenters. The van der Waals surface area contributed by atoms with Crippen molar-refractivity contribution >= 4 is 5.82 Å². The molecule has 0 amide bonds. The van der Waals surface area contributed by atoms with Crippen LogP contribution in [0.3, 0.4) is 0 Å². The molecule has 0 aromatic carbocycles. The molecule has 0 saturated carbocycles. The average molecular weight is 239 g/mol. The van der Waals surface area contributed by atoms with Crippen molar-refractivity contribution in [2.24, 2.45) is 0 Å². The zero-order valence-corrected chi connectivity index (χ0v) is 10.8. The number of anilines is 1. The lowest BCUT2D eigenvalue weighted by Crippen LogP contribution is -2.07. The first-order valence-corrected chi connectivity index (χ1v) is 5.94. The van der Waals surface area contributed by atoms with E-state index >= 15 is 0 Å². The van der Waals surface area contributed by atoms with Crippen molar-refractivity contribution in [2.75, 3.05) is 25.6 Å². The lowest BCUT2D eigenvalue weighted by Gasteiger charge is -2.08. The first-order chi connectivity index (χ1) is 8.22. The molecule has 5 heteroatoms. The summed E-state index contributed by atoms with van der Waals surface area (Å²) in [7, 11) is 1.59. The normalized spacial score (nSPS) is 10.6. The molecule has 0 spiro atoms. The summed E-state index contributed by atoms with van der Waals surface area (Å²) in [6.07, 6.45) is 3.91. The number of hydrogen-bond donors (Lipinski definition) is 1. The molecule has 0 aliphatic rings. The standard InChI is InChI=1S/C12H21N3O2/c1-10(2)17-7-5-4-6-13-11-8-12(16-3)15-9-14-11/h8-10H,4-7H2,1-3H3,(H,13,14,15). The van der Waals surface area contributed by atoms with Gasteiger partial charge < -0.3 is 14.8 Å². The molecular weight excluding hydrogens is 218 g/mol. The Balaban J connectivity index is 2.13. The Hall–Kier alpha value is -1.36. The predicted molar refractivity (Wildman–Crippen MR) is 67.4 cm³/mol. The molecule has 1 aromatic heterocycles. The third-order valence-corrected chi connectivity index (χ3v) is 2.18. The quantitative estimate of drug-likeness (QED) is 0.704. The van der Waals surface area contributed by atoms with Gasteiger partial charge in [0.15, 0.2) is 0 Å². The second kappa shape index (κ2) is 7.84. The Morgan fingerprint density at radius 1 is 1.29 bits per heavy atom. The fourth-order valence-corrected chi connectivity index (χ4v) is 1.31. The van der Waals surface area contributed by atoms with Crippen LogP contribution in [-0.4, -0.2) is 36.3 Å². The molecule has 0 saturated heterocycles. The third kappa shape index (κ3) is 6.06. The number of ether oxygens (including phenoxy) is 2. The summed E-state index contributed by atoms with van der Waals surface area (Å²) in [5.41, 5.74) is 0. The maximum atomic E-state index is 5.46. The minimum Gasteiger partial charge on any atom is -0.481 e. The number of unbranched alkanes of at least 4 members (excludes halogenated alkanes) is 1. The van der Waals surface area contributed by atoms with Gasteiger partial charge in [-0.05, 0) is 26.7 Å². The second-order valence-corrected chi connectivity index (χ2v) is 4.00. The van der Waals surface area contributed by atoms with Crippen LogP contribution in [0.2, 0.25) is 0 Å². The summed E-state index contributed by atoms with van der Waals surface area (Å²) < 4.78 is 10.5. The largest absolute Gasteiger partial charge is 0.481 e. The van der Waals surface area contributed by atoms with Crippen molar-refractivity contribution in [1.29, 1.82) is 0 Å². The van der Waals surface area contributed by atoms with Gasteiger partial charge in [0.25, 0.3) is 0 Å². The Morgan fingerprint density at radius 3 is 2.82 bits per heavy atom. The highest BCUT2D eigenvalue weighted by Crippen LogP contribution is 2.09. The molecule has 1 N–H and O–H groups in total. The van der Waals surface area contributed by atoms with Gasteiger partial charge in [-0.2, -0.15) is 0 Å². The number of methoxy groups -OCH3 is 1. The van der Waals surface area contributed by atoms with Gasteiger partial charge in [-0.1, -0.05) is 0 Å². The summed E-state index contributed by atoms with van der Waals surface area (Å²) in [6.45, 7) is 5.78. The molecular formula is C12H21N3O2. The average Bonchev–Trinajstić information content (AvgIpc) is 2.33. The van der Waals surface area contributed by atoms with Gasteiger partial charge >= 0.3 is 0 Å². The minimum absolute atomic E-state index is 0.314. The van der Waals surface area contributed by atoms with E-state index in [0.717, 1.165) is 31.8 Å². The van der Waals surface area contributed by atoms with Gasteiger partial charge in [0.1, 0.15) is 12.1 Å². The van der Waals surface area contributed by atoms with Crippen LogP contribution < -0.4 is 10.1 Å². The van der Waals surface area contributed by atoms with Crippen molar-refractivity contribution in [2.45, 2.75) is 32.8 Å². The summed E-state index contributed by atoms with van der Waals surface area (Å²) in [6, 6.07) is 1.78. The zero-order chi connectivity index (χ0) is 12.5. The maximum Gasteiger partial charge on any atom is 0.218 e. The summed E-state index contributed by atoms with van der Waals surface area (Å²) >= 11 is 0. The van der Waals surface area contributed by atoms with E-state index in [1.54, 1.807) is 13.2 Å². The van der Waals surface area contributed by atoms with Crippen molar-refractivity contribution in [3.05, 3.63) is 12.4 Å². The lowest BCUT2D eigenvalue weighted by atomic mass is 10.3. The van der Waals surface area contributed by atoms with Crippen molar-refractivity contribution in [3.63, 3.8) is 0 Å². The molecule has 0 aliphatic heterocycles. The first kappa shape index (κ1) is 13.7. The fourth-order valence-electron chi connectivity index (χ4n) is 1.31. The van der Waals surface area contributed by atoms with E-state index in [4.69, 9.17) is 9.47 Å². The minimum atomic E-state index is 0.314. The highest BCUT2D eigenvalue weighted by molar-refractivity contribution is 5.36. The molecule has 0 fully saturated rings. The molecule has 0 atom stereocenters. The summed E-state index contributed by atoms with van der Waals surface area (Å²) in [5, 5.41) is 3.22. The van der Waals surface area contributed by atoms with E-state index in [-0.39, 0.29) is 0 Å². The monoisotopic (exact) mass is 239 g/mol. The van der Waals surface area contributed by atoms with Crippen LogP contribution in [0, 0.1) is 0 Å². The molecule has 17 heavy (non-hydrogen) atoms. The van der Waals surface area contributed by atoms with Gasteiger partial charge in [0.2, 0.25) is 5.88 Å². The van der Waals surface area contributed by atoms with Crippen LogP contribution in [0.25, 0.3) is 0 Å². The van der Waals surface area contributed by atoms with Crippen LogP contribution in [0.4, 0.5) is 5.82 Å². The molecule has 5 nitrogen and oxygen atoms in total. The van der Waals surface area contributed by atoms with Crippen molar-refractivity contribution in [3.8, 4) is 5.88 Å². The van der Waals surface area contributed by atoms with E-state index in [9.17, 15) is 0 Å². The van der Waals surface area contributed by atoms with Gasteiger partial charge in [-0.3, -0.25) is 0 Å². The Kier molecular flexibility index (Phi) is 6.32. The fraction of sp³-hybridized carbons (Fsp3) is 0.667. The van der Waals surface area contributed by atoms with E-state index in [1.165, 1.54) is 6.33 Å². The summed E-state index contributed by atoms with van der Waals surface area (Å²) in [5.74, 6) is 1.37. The van der Waals surface area contributed by atoms with Gasteiger partial charge in [-0.25, -0.2) is 9.97 Å². The Bertz CT molecular complexity index is 318. The predicted octanol–water partition coefficient (Wildman–Crippen LogP) is 2.10. The SMILES string of the molecule is COc1cc(NCCCCOC(C)C)ncn1. The Labute approximate surface area is 103 Å². The number of nitrogens with one attached hydrogen (secondary N) is 1. The molecule has 1 aromatic rings. The molecule has 96 valence electrons. The number of rotatable bonds is 8. The van der Waals surface area contributed by atoms with E-state index in [0.29, 0.717) is 12.0 Å². The van der Waals surface area contributed by atoms with Gasteiger partial charge in [-0.15, -0.1) is 0 Å². The molecule has 0 bridgehead atoms. The second-order valence-electron chi connectivity index (χ2n) is 4.00. The lowest BCUT2D eigenvalue weighted by molar-refractivity contribution is 0.0765. The van der Waals surface area contributed by atoms with Crippen LogP contribution in [-0.2, 0) is 4.74 Å². The topological polar surface area (TPSA) is 56.3 Å². The van der Waals surface area contributed by atoms with Gasteiger partial charge in [0, 0.05) is 19.2 Å². The highest BCUT2D eigenvalue weighted by Gasteiger charge is 1.98. The number of hydrogen-bond acceptors (Lipinski definition) is 5. The third-order valence-electron chi connectivity index (χ3n) is 2.18. The molecule has 1 heterocycles. The highest BCUT2D eigenvalue weighted by atomic mass is 16.5. The first-order valence-electron chi connectivity index (χ1n) is 5.94. The smallest absolute Gasteiger partial charge is 0.218 e. The van der Waals surface area contributed by atoms with Crippen LogP contribution in [0.1, 0.15) is 26.7 Å². The molecule has 0 aliphatic carbocycles. The van der Waals surface area contributed by atoms with Crippen molar-refractivity contribution in [1.82, 2.24) is 9.97 Å². The van der Waals surface area contributed by atoms with E-state index in [1.807, 2.05) is 13.8 Å². The maximum absolute atomic E-state index is 5.46. The van der Waals surface area contributed by atoms with E-state index < -0.39 is 0 Å². The zero-order valence-electron chi connectivity index (χ0n) is 10.8. The number of aromatic nitrogens is 2. The van der Waals surface area contributed by atoms with Crippen molar-refractivity contribution < 1.29 is 9.47 Å².